The normalized spacial score (nSPS) is 17.3. The Labute approximate surface area is 360 Å². The van der Waals surface area contributed by atoms with Gasteiger partial charge < -0.3 is 15.4 Å². The van der Waals surface area contributed by atoms with E-state index in [4.69, 9.17) is 4.74 Å². The van der Waals surface area contributed by atoms with Gasteiger partial charge in [0.05, 0.1) is 17.1 Å². The van der Waals surface area contributed by atoms with Crippen molar-refractivity contribution in [3.05, 3.63) is 224 Å². The molecule has 2 N–H and O–H groups in total. The number of pyridine rings is 1. The van der Waals surface area contributed by atoms with Crippen LogP contribution in [0.1, 0.15) is 40.2 Å². The van der Waals surface area contributed by atoms with Gasteiger partial charge in [-0.05, 0) is 82.8 Å². The van der Waals surface area contributed by atoms with E-state index in [0.717, 1.165) is 90.1 Å². The number of hydrogen-bond acceptors (Lipinski definition) is 5. The summed E-state index contributed by atoms with van der Waals surface area (Å²) in [4.78, 5) is 6.70. The Kier molecular flexibility index (Phi) is 11.8. The number of para-hydroxylation sites is 1. The first-order valence-electron chi connectivity index (χ1n) is 20.9. The molecule has 0 aliphatic carbocycles. The maximum Gasteiger partial charge on any atom is 0.137 e. The second kappa shape index (κ2) is 17.9. The standard InChI is InChI=1S/C56H52N4O/c1-39-20-13-14-21-40(2)60(53-30-17-18-33-57-53)41(3)35-47(34-39)61-48-37-45(56(4,5)6)36-46(38-48)58-52-32-31-44-26-15-16-27-51(44)55(52)59-54-49(42-22-9-7-10-23-42)28-19-29-50(54)43-24-11-8-12-25-43/h7-39,58-59H,2H2,1,3-6H3/b20-13-,21-14-,41-35+,47-34+. The van der Waals surface area contributed by atoms with E-state index >= 15 is 0 Å². The highest BCUT2D eigenvalue weighted by Crippen LogP contribution is 2.44. The van der Waals surface area contributed by atoms with Crippen molar-refractivity contribution in [2.24, 2.45) is 5.92 Å². The molecular formula is C56H52N4O. The summed E-state index contributed by atoms with van der Waals surface area (Å²) in [5.41, 5.74) is 11.1. The topological polar surface area (TPSA) is 49.4 Å². The molecular weight excluding hydrogens is 745 g/mol. The maximum absolute atomic E-state index is 6.93. The Bertz CT molecular complexity index is 2740. The maximum atomic E-state index is 6.93. The predicted octanol–water partition coefficient (Wildman–Crippen LogP) is 15.3. The summed E-state index contributed by atoms with van der Waals surface area (Å²) in [5.74, 6) is 2.34. The molecule has 302 valence electrons. The van der Waals surface area contributed by atoms with E-state index < -0.39 is 0 Å². The van der Waals surface area contributed by atoms with Crippen molar-refractivity contribution in [2.45, 2.75) is 40.0 Å². The third kappa shape index (κ3) is 9.43. The first-order valence-corrected chi connectivity index (χ1v) is 20.9. The predicted molar refractivity (Wildman–Crippen MR) is 259 cm³/mol. The molecule has 0 saturated carbocycles. The van der Waals surface area contributed by atoms with Gasteiger partial charge in [-0.25, -0.2) is 4.98 Å². The number of anilines is 5. The molecule has 2 heterocycles. The largest absolute Gasteiger partial charge is 0.458 e. The lowest BCUT2D eigenvalue weighted by atomic mass is 9.86. The fraction of sp³-hybridized carbons (Fsp3) is 0.125. The van der Waals surface area contributed by atoms with E-state index in [1.807, 2.05) is 35.3 Å². The van der Waals surface area contributed by atoms with E-state index in [1.54, 1.807) is 6.20 Å². The molecule has 1 aliphatic rings. The monoisotopic (exact) mass is 796 g/mol. The van der Waals surface area contributed by atoms with Gasteiger partial charge in [0.1, 0.15) is 17.3 Å². The van der Waals surface area contributed by atoms with Crippen LogP contribution < -0.4 is 20.3 Å². The van der Waals surface area contributed by atoms with E-state index in [0.29, 0.717) is 0 Å². The van der Waals surface area contributed by atoms with Crippen molar-refractivity contribution in [3.63, 3.8) is 0 Å². The van der Waals surface area contributed by atoms with E-state index in [-0.39, 0.29) is 11.3 Å². The lowest BCUT2D eigenvalue weighted by molar-refractivity contribution is 0.436. The summed E-state index contributed by atoms with van der Waals surface area (Å²) in [6, 6.07) is 53.0. The van der Waals surface area contributed by atoms with Gasteiger partial charge in [-0.3, -0.25) is 4.90 Å². The fourth-order valence-electron chi connectivity index (χ4n) is 7.71. The summed E-state index contributed by atoms with van der Waals surface area (Å²) >= 11 is 0. The number of benzene rings is 6. The molecule has 1 atom stereocenters. The number of nitrogens with zero attached hydrogens (tertiary/aromatic N) is 2. The van der Waals surface area contributed by atoms with Crippen molar-refractivity contribution in [3.8, 4) is 28.0 Å². The van der Waals surface area contributed by atoms with Gasteiger partial charge >= 0.3 is 0 Å². The van der Waals surface area contributed by atoms with Gasteiger partial charge in [0.25, 0.3) is 0 Å². The quantitative estimate of drug-likeness (QED) is 0.152. The molecule has 5 nitrogen and oxygen atoms in total. The smallest absolute Gasteiger partial charge is 0.137 e. The van der Waals surface area contributed by atoms with Crippen LogP contribution in [0.5, 0.6) is 5.75 Å². The van der Waals surface area contributed by atoms with Gasteiger partial charge in [0.15, 0.2) is 0 Å². The summed E-state index contributed by atoms with van der Waals surface area (Å²) in [6.45, 7) is 15.3. The Hall–Kier alpha value is -7.37. The molecule has 0 bridgehead atoms. The van der Waals surface area contributed by atoms with Gasteiger partial charge in [-0.15, -0.1) is 0 Å². The summed E-state index contributed by atoms with van der Waals surface area (Å²) in [7, 11) is 0. The molecule has 0 saturated heterocycles. The molecule has 0 fully saturated rings. The first kappa shape index (κ1) is 40.4. The Morgan fingerprint density at radius 1 is 0.689 bits per heavy atom. The van der Waals surface area contributed by atoms with Crippen LogP contribution in [0.4, 0.5) is 28.6 Å². The second-order valence-electron chi connectivity index (χ2n) is 16.5. The van der Waals surface area contributed by atoms with Crippen LogP contribution >= 0.6 is 0 Å². The number of fused-ring (bicyclic) bond motifs is 1. The summed E-state index contributed by atoms with van der Waals surface area (Å²) in [5, 5.41) is 10.1. The van der Waals surface area contributed by atoms with Crippen molar-refractivity contribution < 1.29 is 4.74 Å². The lowest BCUT2D eigenvalue weighted by Crippen LogP contribution is -2.20. The minimum atomic E-state index is -0.164. The van der Waals surface area contributed by atoms with Crippen LogP contribution in [0.3, 0.4) is 0 Å². The SMILES string of the molecule is C=C1/C=C\C=C/C(C)/C=C(Oc2cc(Nc3ccc4ccccc4c3Nc3c(-c4ccccc4)cccc3-c3ccccc3)cc(C(C)(C)C)c2)\C=C(/C)N1c1ccccn1. The number of allylic oxidation sites excluding steroid dienone is 7. The molecule has 7 aromatic rings. The highest BCUT2D eigenvalue weighted by Gasteiger charge is 2.20. The average molecular weight is 797 g/mol. The highest BCUT2D eigenvalue weighted by molar-refractivity contribution is 6.05. The molecule has 61 heavy (non-hydrogen) atoms. The number of nitrogens with one attached hydrogen (secondary N) is 2. The summed E-state index contributed by atoms with van der Waals surface area (Å²) in [6.07, 6.45) is 14.2. The van der Waals surface area contributed by atoms with Crippen LogP contribution in [0.2, 0.25) is 0 Å². The van der Waals surface area contributed by atoms with Crippen LogP contribution in [0, 0.1) is 5.92 Å². The Morgan fingerprint density at radius 3 is 2.07 bits per heavy atom. The Morgan fingerprint density at radius 2 is 1.38 bits per heavy atom. The van der Waals surface area contributed by atoms with Crippen LogP contribution in [0.15, 0.2) is 218 Å². The zero-order valence-corrected chi connectivity index (χ0v) is 35.6. The van der Waals surface area contributed by atoms with Crippen LogP contribution in [-0.2, 0) is 5.41 Å². The van der Waals surface area contributed by atoms with Crippen LogP contribution in [-0.4, -0.2) is 4.98 Å². The van der Waals surface area contributed by atoms with Crippen molar-refractivity contribution in [2.75, 3.05) is 15.5 Å². The highest BCUT2D eigenvalue weighted by atomic mass is 16.5. The van der Waals surface area contributed by atoms with Crippen LogP contribution in [0.25, 0.3) is 33.0 Å². The number of ether oxygens (including phenoxy) is 1. The van der Waals surface area contributed by atoms with Gasteiger partial charge in [-0.2, -0.15) is 0 Å². The van der Waals surface area contributed by atoms with Gasteiger partial charge in [0, 0.05) is 51.9 Å². The number of aromatic nitrogens is 1. The minimum absolute atomic E-state index is 0.104. The summed E-state index contributed by atoms with van der Waals surface area (Å²) < 4.78 is 6.93. The molecule has 6 aromatic carbocycles. The molecule has 0 radical (unpaired) electrons. The van der Waals surface area contributed by atoms with Gasteiger partial charge in [-0.1, -0.05) is 168 Å². The van der Waals surface area contributed by atoms with Crippen molar-refractivity contribution in [1.29, 1.82) is 0 Å². The molecule has 1 unspecified atom stereocenters. The number of rotatable bonds is 9. The average Bonchev–Trinajstić information content (AvgIpc) is 3.28. The van der Waals surface area contributed by atoms with E-state index in [9.17, 15) is 0 Å². The Balaban J connectivity index is 1.23. The molecule has 1 aromatic heterocycles. The fourth-order valence-corrected chi connectivity index (χ4v) is 7.71. The third-order valence-corrected chi connectivity index (χ3v) is 10.8. The second-order valence-corrected chi connectivity index (χ2v) is 16.5. The van der Waals surface area contributed by atoms with Gasteiger partial charge in [0.2, 0.25) is 0 Å². The number of hydrogen-bond donors (Lipinski definition) is 2. The molecule has 0 spiro atoms. The molecule has 1 aliphatic heterocycles. The first-order chi connectivity index (χ1) is 29.6. The zero-order valence-electron chi connectivity index (χ0n) is 35.6. The van der Waals surface area contributed by atoms with Crippen molar-refractivity contribution in [1.82, 2.24) is 4.98 Å². The molecule has 8 rings (SSSR count). The van der Waals surface area contributed by atoms with E-state index in [2.05, 4.69) is 215 Å². The zero-order chi connectivity index (χ0) is 42.3. The van der Waals surface area contributed by atoms with Crippen molar-refractivity contribution >= 4 is 39.3 Å². The third-order valence-electron chi connectivity index (χ3n) is 10.8. The lowest BCUT2D eigenvalue weighted by Gasteiger charge is -2.25. The molecule has 5 heteroatoms. The molecule has 0 amide bonds. The van der Waals surface area contributed by atoms with E-state index in [1.165, 1.54) is 0 Å². The minimum Gasteiger partial charge on any atom is -0.458 e.